The van der Waals surface area contributed by atoms with Gasteiger partial charge in [-0.15, -0.1) is 0 Å². The monoisotopic (exact) mass is 309 g/mol. The first-order valence-electron chi connectivity index (χ1n) is 4.75. The van der Waals surface area contributed by atoms with Crippen LogP contribution in [0.2, 0.25) is 0 Å². The first-order chi connectivity index (χ1) is 6.66. The molecule has 0 rings (SSSR count). The molecule has 0 aromatic rings. The third-order valence-corrected chi connectivity index (χ3v) is 2.32. The van der Waals surface area contributed by atoms with Crippen LogP contribution >= 0.6 is 22.6 Å². The van der Waals surface area contributed by atoms with E-state index < -0.39 is 0 Å². The first kappa shape index (κ1) is 13.6. The van der Waals surface area contributed by atoms with Gasteiger partial charge in [0.05, 0.1) is 0 Å². The molecule has 1 amide bonds. The fraction of sp³-hybridized carbons (Fsp3) is 0.600. The van der Waals surface area contributed by atoms with Crippen molar-refractivity contribution in [2.45, 2.75) is 32.1 Å². The summed E-state index contributed by atoms with van der Waals surface area (Å²) in [5.74, 6) is -0.118. The lowest BCUT2D eigenvalue weighted by atomic mass is 10.1. The van der Waals surface area contributed by atoms with Crippen LogP contribution in [0, 0.1) is 0 Å². The Bertz CT molecular complexity index is 204. The van der Waals surface area contributed by atoms with Crippen molar-refractivity contribution < 1.29 is 9.59 Å². The lowest BCUT2D eigenvalue weighted by Crippen LogP contribution is -2.21. The largest absolute Gasteiger partial charge is 0.353 e. The quantitative estimate of drug-likeness (QED) is 0.323. The van der Waals surface area contributed by atoms with Gasteiger partial charge in [-0.25, -0.2) is 0 Å². The summed E-state index contributed by atoms with van der Waals surface area (Å²) in [6.45, 7) is 4.06. The third-order valence-electron chi connectivity index (χ3n) is 1.78. The standard InChI is InChI=1S/C10H16INO2/c1-2-10(14)12-8-6-4-3-5-7-9(11)13/h2H,1,3-8H2,(H,12,14). The Labute approximate surface area is 98.5 Å². The summed E-state index contributed by atoms with van der Waals surface area (Å²) in [6, 6.07) is 0. The molecule has 0 aliphatic rings. The van der Waals surface area contributed by atoms with Crippen LogP contribution < -0.4 is 5.32 Å². The molecule has 0 aromatic heterocycles. The molecule has 1 N–H and O–H groups in total. The summed E-state index contributed by atoms with van der Waals surface area (Å²) in [6.07, 6.45) is 5.97. The van der Waals surface area contributed by atoms with E-state index in [4.69, 9.17) is 0 Å². The molecule has 0 saturated heterocycles. The van der Waals surface area contributed by atoms with E-state index in [9.17, 15) is 9.59 Å². The van der Waals surface area contributed by atoms with Crippen molar-refractivity contribution in [3.63, 3.8) is 0 Å². The van der Waals surface area contributed by atoms with E-state index in [2.05, 4.69) is 11.9 Å². The van der Waals surface area contributed by atoms with Gasteiger partial charge in [0.1, 0.15) is 0 Å². The lowest BCUT2D eigenvalue weighted by Gasteiger charge is -2.01. The maximum Gasteiger partial charge on any atom is 0.243 e. The Hall–Kier alpha value is -0.390. The second kappa shape index (κ2) is 9.18. The molecule has 0 saturated carbocycles. The van der Waals surface area contributed by atoms with Crippen molar-refractivity contribution in [1.82, 2.24) is 5.32 Å². The predicted molar refractivity (Wildman–Crippen MR) is 65.3 cm³/mol. The summed E-state index contributed by atoms with van der Waals surface area (Å²) in [5, 5.41) is 2.71. The molecular weight excluding hydrogens is 293 g/mol. The van der Waals surface area contributed by atoms with Crippen molar-refractivity contribution in [2.75, 3.05) is 6.54 Å². The molecule has 0 fully saturated rings. The number of nitrogens with one attached hydrogen (secondary N) is 1. The summed E-state index contributed by atoms with van der Waals surface area (Å²) in [4.78, 5) is 21.3. The Morgan fingerprint density at radius 1 is 1.21 bits per heavy atom. The zero-order valence-corrected chi connectivity index (χ0v) is 10.4. The van der Waals surface area contributed by atoms with Gasteiger partial charge in [0, 0.05) is 13.0 Å². The van der Waals surface area contributed by atoms with Crippen molar-refractivity contribution in [3.05, 3.63) is 12.7 Å². The minimum absolute atomic E-state index is 0.118. The molecule has 0 bridgehead atoms. The Kier molecular flexibility index (Phi) is 8.92. The average Bonchev–Trinajstić information content (AvgIpc) is 2.15. The van der Waals surface area contributed by atoms with Gasteiger partial charge >= 0.3 is 0 Å². The van der Waals surface area contributed by atoms with Gasteiger partial charge in [-0.1, -0.05) is 19.4 Å². The van der Waals surface area contributed by atoms with Gasteiger partial charge in [0.2, 0.25) is 5.91 Å². The van der Waals surface area contributed by atoms with Crippen molar-refractivity contribution in [3.8, 4) is 0 Å². The minimum Gasteiger partial charge on any atom is -0.353 e. The molecule has 0 unspecified atom stereocenters. The molecule has 4 heteroatoms. The highest BCUT2D eigenvalue weighted by Gasteiger charge is 1.96. The van der Waals surface area contributed by atoms with Crippen LogP contribution in [0.4, 0.5) is 0 Å². The second-order valence-corrected chi connectivity index (χ2v) is 4.22. The van der Waals surface area contributed by atoms with Crippen LogP contribution in [0.5, 0.6) is 0 Å². The Morgan fingerprint density at radius 2 is 1.86 bits per heavy atom. The second-order valence-electron chi connectivity index (χ2n) is 3.01. The summed E-state index contributed by atoms with van der Waals surface area (Å²) < 4.78 is 0.225. The zero-order valence-electron chi connectivity index (χ0n) is 8.22. The van der Waals surface area contributed by atoms with E-state index >= 15 is 0 Å². The van der Waals surface area contributed by atoms with Gasteiger partial charge in [-0.3, -0.25) is 9.59 Å². The number of hydrogen-bond donors (Lipinski definition) is 1. The lowest BCUT2D eigenvalue weighted by molar-refractivity contribution is -0.116. The highest BCUT2D eigenvalue weighted by atomic mass is 127. The number of halogens is 1. The fourth-order valence-electron chi connectivity index (χ4n) is 1.03. The van der Waals surface area contributed by atoms with E-state index in [0.29, 0.717) is 13.0 Å². The molecule has 0 aliphatic heterocycles. The van der Waals surface area contributed by atoms with Gasteiger partial charge in [0.25, 0.3) is 0 Å². The third kappa shape index (κ3) is 9.70. The summed E-state index contributed by atoms with van der Waals surface area (Å²) >= 11 is 1.82. The first-order valence-corrected chi connectivity index (χ1v) is 5.83. The van der Waals surface area contributed by atoms with Crippen LogP contribution in [-0.4, -0.2) is 16.2 Å². The van der Waals surface area contributed by atoms with Gasteiger partial charge in [-0.05, 0) is 41.5 Å². The number of carbonyl (C=O) groups is 2. The van der Waals surface area contributed by atoms with Gasteiger partial charge < -0.3 is 5.32 Å². The number of carbonyl (C=O) groups excluding carboxylic acids is 2. The number of rotatable bonds is 8. The van der Waals surface area contributed by atoms with Gasteiger partial charge in [-0.2, -0.15) is 0 Å². The molecule has 0 heterocycles. The van der Waals surface area contributed by atoms with Crippen molar-refractivity contribution in [2.24, 2.45) is 0 Å². The minimum atomic E-state index is -0.118. The Morgan fingerprint density at radius 3 is 2.43 bits per heavy atom. The predicted octanol–water partition coefficient (Wildman–Crippen LogP) is 2.20. The highest BCUT2D eigenvalue weighted by molar-refractivity contribution is 14.1. The molecule has 0 spiro atoms. The van der Waals surface area contributed by atoms with Crippen LogP contribution in [0.3, 0.4) is 0 Å². The maximum absolute atomic E-state index is 10.7. The number of hydrogen-bond acceptors (Lipinski definition) is 2. The van der Waals surface area contributed by atoms with E-state index in [0.717, 1.165) is 25.7 Å². The Balaban J connectivity index is 3.10. The molecule has 0 radical (unpaired) electrons. The normalized spacial score (nSPS) is 9.50. The number of amides is 1. The van der Waals surface area contributed by atoms with E-state index in [1.54, 1.807) is 0 Å². The molecular formula is C10H16INO2. The fourth-order valence-corrected chi connectivity index (χ4v) is 1.41. The van der Waals surface area contributed by atoms with E-state index in [1.165, 1.54) is 6.08 Å². The molecule has 80 valence electrons. The molecule has 0 aliphatic carbocycles. The molecule has 0 aromatic carbocycles. The van der Waals surface area contributed by atoms with Crippen LogP contribution in [0.15, 0.2) is 12.7 Å². The van der Waals surface area contributed by atoms with Crippen LogP contribution in [-0.2, 0) is 9.59 Å². The van der Waals surface area contributed by atoms with Gasteiger partial charge in [0.15, 0.2) is 3.79 Å². The summed E-state index contributed by atoms with van der Waals surface area (Å²) in [7, 11) is 0. The van der Waals surface area contributed by atoms with Crippen molar-refractivity contribution in [1.29, 1.82) is 0 Å². The summed E-state index contributed by atoms with van der Waals surface area (Å²) in [5.41, 5.74) is 0. The van der Waals surface area contributed by atoms with E-state index in [1.807, 2.05) is 22.6 Å². The van der Waals surface area contributed by atoms with Crippen molar-refractivity contribution >= 4 is 32.3 Å². The smallest absolute Gasteiger partial charge is 0.243 e. The maximum atomic E-state index is 10.7. The molecule has 0 atom stereocenters. The number of unbranched alkanes of at least 4 members (excludes halogenated alkanes) is 3. The average molecular weight is 309 g/mol. The molecule has 14 heavy (non-hydrogen) atoms. The van der Waals surface area contributed by atoms with Crippen LogP contribution in [0.1, 0.15) is 32.1 Å². The van der Waals surface area contributed by atoms with Crippen LogP contribution in [0.25, 0.3) is 0 Å². The highest BCUT2D eigenvalue weighted by Crippen LogP contribution is 2.05. The topological polar surface area (TPSA) is 46.2 Å². The van der Waals surface area contributed by atoms with E-state index in [-0.39, 0.29) is 9.70 Å². The SMILES string of the molecule is C=CC(=O)NCCCCCCC(=O)I. The zero-order chi connectivity index (χ0) is 10.8. The molecule has 3 nitrogen and oxygen atoms in total.